The van der Waals surface area contributed by atoms with Crippen LogP contribution in [0.5, 0.6) is 5.75 Å². The van der Waals surface area contributed by atoms with E-state index in [1.807, 2.05) is 42.5 Å². The van der Waals surface area contributed by atoms with Gasteiger partial charge in [-0.2, -0.15) is 0 Å². The first-order chi connectivity index (χ1) is 11.3. The average molecular weight is 331 g/mol. The third-order valence-electron chi connectivity index (χ3n) is 3.75. The van der Waals surface area contributed by atoms with Gasteiger partial charge in [-0.25, -0.2) is 0 Å². The average Bonchev–Trinajstić information content (AvgIpc) is 3.04. The molecule has 2 aromatic rings. The lowest BCUT2D eigenvalue weighted by molar-refractivity contribution is 0.0848. The van der Waals surface area contributed by atoms with E-state index >= 15 is 0 Å². The fourth-order valence-corrected chi connectivity index (χ4v) is 2.80. The lowest BCUT2D eigenvalue weighted by Gasteiger charge is -2.10. The number of nitrogens with zero attached hydrogens (tertiary/aromatic N) is 1. The molecule has 1 atom stereocenters. The number of ether oxygens (including phenoxy) is 1. The van der Waals surface area contributed by atoms with Crippen molar-refractivity contribution < 1.29 is 9.57 Å². The van der Waals surface area contributed by atoms with Gasteiger partial charge in [0.25, 0.3) is 0 Å². The molecule has 2 aromatic carbocycles. The van der Waals surface area contributed by atoms with Crippen LogP contribution >= 0.6 is 11.6 Å². The third kappa shape index (κ3) is 4.03. The monoisotopic (exact) mass is 330 g/mol. The molecule has 1 heterocycles. The maximum atomic E-state index is 6.20. The van der Waals surface area contributed by atoms with Gasteiger partial charge in [-0.1, -0.05) is 47.1 Å². The van der Waals surface area contributed by atoms with Crippen molar-refractivity contribution in [2.75, 3.05) is 13.7 Å². The molecule has 0 aliphatic carbocycles. The largest absolute Gasteiger partial charge is 0.497 e. The van der Waals surface area contributed by atoms with Crippen molar-refractivity contribution in [3.63, 3.8) is 0 Å². The van der Waals surface area contributed by atoms with Gasteiger partial charge in [-0.05, 0) is 23.8 Å². The van der Waals surface area contributed by atoms with Gasteiger partial charge in [-0.3, -0.25) is 0 Å². The first-order valence-electron chi connectivity index (χ1n) is 7.57. The lowest BCUT2D eigenvalue weighted by atomic mass is 10.0. The van der Waals surface area contributed by atoms with Crippen molar-refractivity contribution in [2.45, 2.75) is 19.1 Å². The van der Waals surface area contributed by atoms with Gasteiger partial charge < -0.3 is 14.9 Å². The minimum absolute atomic E-state index is 0.0341. The van der Waals surface area contributed by atoms with Gasteiger partial charge in [0.2, 0.25) is 0 Å². The summed E-state index contributed by atoms with van der Waals surface area (Å²) in [6, 6.07) is 15.7. The van der Waals surface area contributed by atoms with E-state index in [4.69, 9.17) is 21.2 Å². The molecular weight excluding hydrogens is 312 g/mol. The predicted molar refractivity (Wildman–Crippen MR) is 92.2 cm³/mol. The Bertz CT molecular complexity index is 703. The summed E-state index contributed by atoms with van der Waals surface area (Å²) in [5.41, 5.74) is 3.03. The van der Waals surface area contributed by atoms with Crippen LogP contribution in [0.1, 0.15) is 17.5 Å². The van der Waals surface area contributed by atoms with Crippen molar-refractivity contribution in [1.82, 2.24) is 5.32 Å². The van der Waals surface area contributed by atoms with E-state index in [-0.39, 0.29) is 6.10 Å². The smallest absolute Gasteiger partial charge is 0.145 e. The Morgan fingerprint density at radius 3 is 2.96 bits per heavy atom. The second kappa shape index (κ2) is 7.49. The van der Waals surface area contributed by atoms with E-state index in [0.717, 1.165) is 36.5 Å². The molecule has 1 N–H and O–H groups in total. The van der Waals surface area contributed by atoms with Gasteiger partial charge in [0.05, 0.1) is 12.8 Å². The molecule has 0 spiro atoms. The zero-order chi connectivity index (χ0) is 16.1. The minimum atomic E-state index is 0.0341. The Morgan fingerprint density at radius 1 is 1.26 bits per heavy atom. The normalized spacial score (nSPS) is 16.8. The van der Waals surface area contributed by atoms with Crippen LogP contribution in [0.3, 0.4) is 0 Å². The standard InChI is InChI=1S/C18H19ClN2O2/c1-22-14-6-4-5-13(9-14)11-20-12-15-10-18(21-23-15)16-7-2-3-8-17(16)19/h2-9,15,20H,10-12H2,1H3. The molecule has 5 heteroatoms. The van der Waals surface area contributed by atoms with Crippen molar-refractivity contribution in [3.8, 4) is 5.75 Å². The Kier molecular flexibility index (Phi) is 5.16. The quantitative estimate of drug-likeness (QED) is 0.879. The van der Waals surface area contributed by atoms with Crippen LogP contribution in [-0.2, 0) is 11.4 Å². The Hall–Kier alpha value is -2.04. The van der Waals surface area contributed by atoms with Crippen LogP contribution in [0, 0.1) is 0 Å². The van der Waals surface area contributed by atoms with Crippen LogP contribution in [0.25, 0.3) is 0 Å². The first kappa shape index (κ1) is 15.8. The summed E-state index contributed by atoms with van der Waals surface area (Å²) in [6.45, 7) is 1.49. The van der Waals surface area contributed by atoms with Crippen molar-refractivity contribution in [1.29, 1.82) is 0 Å². The number of hydrogen-bond acceptors (Lipinski definition) is 4. The third-order valence-corrected chi connectivity index (χ3v) is 4.08. The molecule has 23 heavy (non-hydrogen) atoms. The van der Waals surface area contributed by atoms with E-state index in [0.29, 0.717) is 5.02 Å². The molecule has 0 amide bonds. The first-order valence-corrected chi connectivity index (χ1v) is 7.95. The molecule has 0 radical (unpaired) electrons. The number of oxime groups is 1. The maximum absolute atomic E-state index is 6.20. The Balaban J connectivity index is 1.49. The highest BCUT2D eigenvalue weighted by Crippen LogP contribution is 2.22. The molecule has 3 rings (SSSR count). The van der Waals surface area contributed by atoms with E-state index in [1.165, 1.54) is 5.56 Å². The Labute approximate surface area is 141 Å². The number of rotatable bonds is 6. The minimum Gasteiger partial charge on any atom is -0.497 e. The van der Waals surface area contributed by atoms with Crippen molar-refractivity contribution in [3.05, 3.63) is 64.7 Å². The number of nitrogens with one attached hydrogen (secondary N) is 1. The van der Waals surface area contributed by atoms with E-state index in [1.54, 1.807) is 7.11 Å². The zero-order valence-corrected chi connectivity index (χ0v) is 13.7. The van der Waals surface area contributed by atoms with E-state index in [2.05, 4.69) is 16.5 Å². The maximum Gasteiger partial charge on any atom is 0.145 e. The summed E-state index contributed by atoms with van der Waals surface area (Å²) < 4.78 is 5.23. The highest BCUT2D eigenvalue weighted by molar-refractivity contribution is 6.34. The molecule has 4 nitrogen and oxygen atoms in total. The van der Waals surface area contributed by atoms with Gasteiger partial charge in [-0.15, -0.1) is 0 Å². The van der Waals surface area contributed by atoms with Gasteiger partial charge >= 0.3 is 0 Å². The molecule has 0 fully saturated rings. The molecule has 0 bridgehead atoms. The van der Waals surface area contributed by atoms with Crippen LogP contribution in [0.15, 0.2) is 53.7 Å². The summed E-state index contributed by atoms with van der Waals surface area (Å²) in [4.78, 5) is 5.50. The second-order valence-electron chi connectivity index (χ2n) is 5.43. The number of methoxy groups -OCH3 is 1. The summed E-state index contributed by atoms with van der Waals surface area (Å²) in [5, 5.41) is 8.28. The topological polar surface area (TPSA) is 42.8 Å². The van der Waals surface area contributed by atoms with Crippen LogP contribution in [0.4, 0.5) is 0 Å². The highest BCUT2D eigenvalue weighted by Gasteiger charge is 2.23. The van der Waals surface area contributed by atoms with Crippen molar-refractivity contribution >= 4 is 17.3 Å². The molecule has 0 saturated heterocycles. The summed E-state index contributed by atoms with van der Waals surface area (Å²) in [6.07, 6.45) is 0.793. The molecule has 1 aliphatic rings. The lowest BCUT2D eigenvalue weighted by Crippen LogP contribution is -2.26. The molecule has 0 saturated carbocycles. The number of halogens is 1. The Morgan fingerprint density at radius 2 is 2.13 bits per heavy atom. The second-order valence-corrected chi connectivity index (χ2v) is 5.84. The fourth-order valence-electron chi connectivity index (χ4n) is 2.55. The van der Waals surface area contributed by atoms with Crippen molar-refractivity contribution in [2.24, 2.45) is 5.16 Å². The van der Waals surface area contributed by atoms with Gasteiger partial charge in [0.15, 0.2) is 0 Å². The SMILES string of the molecule is COc1cccc(CNCC2CC(c3ccccc3Cl)=NO2)c1. The van der Waals surface area contributed by atoms with Crippen LogP contribution in [-0.4, -0.2) is 25.5 Å². The molecule has 0 aromatic heterocycles. The molecule has 1 unspecified atom stereocenters. The van der Waals surface area contributed by atoms with Crippen LogP contribution < -0.4 is 10.1 Å². The van der Waals surface area contributed by atoms with Crippen LogP contribution in [0.2, 0.25) is 5.02 Å². The van der Waals surface area contributed by atoms with E-state index < -0.39 is 0 Å². The molecule has 1 aliphatic heterocycles. The molecular formula is C18H19ClN2O2. The number of hydrogen-bond donors (Lipinski definition) is 1. The van der Waals surface area contributed by atoms with E-state index in [9.17, 15) is 0 Å². The zero-order valence-electron chi connectivity index (χ0n) is 13.0. The van der Waals surface area contributed by atoms with Gasteiger partial charge in [0.1, 0.15) is 11.9 Å². The predicted octanol–water partition coefficient (Wildman–Crippen LogP) is 3.63. The fraction of sp³-hybridized carbons (Fsp3) is 0.278. The summed E-state index contributed by atoms with van der Waals surface area (Å²) >= 11 is 6.20. The number of benzene rings is 2. The summed E-state index contributed by atoms with van der Waals surface area (Å²) in [7, 11) is 1.67. The highest BCUT2D eigenvalue weighted by atomic mass is 35.5. The molecule has 120 valence electrons. The summed E-state index contributed by atoms with van der Waals surface area (Å²) in [5.74, 6) is 0.866. The van der Waals surface area contributed by atoms with Gasteiger partial charge in [0, 0.05) is 30.1 Å².